The minimum Gasteiger partial charge on any atom is -0.338 e. The third-order valence-electron chi connectivity index (χ3n) is 5.86. The van der Waals surface area contributed by atoms with E-state index in [2.05, 4.69) is 0 Å². The van der Waals surface area contributed by atoms with Gasteiger partial charge in [0.2, 0.25) is 5.91 Å². The van der Waals surface area contributed by atoms with Crippen LogP contribution in [0.25, 0.3) is 0 Å². The summed E-state index contributed by atoms with van der Waals surface area (Å²) in [6, 6.07) is 11.6. The van der Waals surface area contributed by atoms with E-state index in [0.717, 1.165) is 36.0 Å². The van der Waals surface area contributed by atoms with E-state index in [1.54, 1.807) is 29.7 Å². The van der Waals surface area contributed by atoms with Gasteiger partial charge in [-0.1, -0.05) is 18.2 Å². The molecule has 0 aromatic heterocycles. The average Bonchev–Trinajstić information content (AvgIpc) is 2.98. The van der Waals surface area contributed by atoms with Crippen LogP contribution in [0.5, 0.6) is 0 Å². The number of carbonyl (C=O) groups is 2. The van der Waals surface area contributed by atoms with Gasteiger partial charge in [-0.3, -0.25) is 14.8 Å². The molecule has 2 aromatic rings. The van der Waals surface area contributed by atoms with Gasteiger partial charge in [0, 0.05) is 18.7 Å². The fourth-order valence-corrected chi connectivity index (χ4v) is 4.32. The molecule has 2 amide bonds. The molecule has 5 nitrogen and oxygen atoms in total. The Morgan fingerprint density at radius 2 is 1.93 bits per heavy atom. The summed E-state index contributed by atoms with van der Waals surface area (Å²) in [6.07, 6.45) is 2.98. The SMILES string of the molecule is O=C(NO)c1ccc2c(c1)C[C@@]1(CC2)CCN(Cc2ccc(F)cc2)C1=O. The summed E-state index contributed by atoms with van der Waals surface area (Å²) < 4.78 is 13.1. The Kier molecular flexibility index (Phi) is 4.44. The molecule has 1 aliphatic heterocycles. The zero-order chi connectivity index (χ0) is 19.0. The van der Waals surface area contributed by atoms with Gasteiger partial charge in [-0.2, -0.15) is 0 Å². The Bertz CT molecular complexity index is 897. The Labute approximate surface area is 156 Å². The van der Waals surface area contributed by atoms with E-state index >= 15 is 0 Å². The van der Waals surface area contributed by atoms with Gasteiger partial charge in [0.05, 0.1) is 5.41 Å². The van der Waals surface area contributed by atoms with Crippen molar-refractivity contribution in [3.63, 3.8) is 0 Å². The molecule has 0 unspecified atom stereocenters. The third-order valence-corrected chi connectivity index (χ3v) is 5.86. The highest BCUT2D eigenvalue weighted by atomic mass is 19.1. The second kappa shape index (κ2) is 6.78. The number of aryl methyl sites for hydroxylation is 1. The lowest BCUT2D eigenvalue weighted by Crippen LogP contribution is -2.38. The molecular weight excluding hydrogens is 347 g/mol. The van der Waals surface area contributed by atoms with Gasteiger partial charge in [0.1, 0.15) is 5.82 Å². The highest BCUT2D eigenvalue weighted by molar-refractivity contribution is 5.93. The first-order valence-electron chi connectivity index (χ1n) is 9.11. The molecular formula is C21H21FN2O3. The molecule has 1 fully saturated rings. The van der Waals surface area contributed by atoms with Crippen molar-refractivity contribution in [3.05, 3.63) is 70.5 Å². The number of halogens is 1. The summed E-state index contributed by atoms with van der Waals surface area (Å²) >= 11 is 0. The highest BCUT2D eigenvalue weighted by Crippen LogP contribution is 2.44. The van der Waals surface area contributed by atoms with Crippen molar-refractivity contribution in [3.8, 4) is 0 Å². The van der Waals surface area contributed by atoms with Crippen molar-refractivity contribution in [1.82, 2.24) is 10.4 Å². The monoisotopic (exact) mass is 368 g/mol. The van der Waals surface area contributed by atoms with Crippen LogP contribution in [-0.2, 0) is 24.2 Å². The van der Waals surface area contributed by atoms with Crippen molar-refractivity contribution in [2.75, 3.05) is 6.54 Å². The first-order chi connectivity index (χ1) is 13.0. The molecule has 1 spiro atoms. The quantitative estimate of drug-likeness (QED) is 0.647. The predicted octanol–water partition coefficient (Wildman–Crippen LogP) is 2.85. The van der Waals surface area contributed by atoms with Crippen LogP contribution in [0.3, 0.4) is 0 Å². The molecule has 4 rings (SSSR count). The molecule has 2 aromatic carbocycles. The van der Waals surface area contributed by atoms with Gasteiger partial charge >= 0.3 is 0 Å². The fourth-order valence-electron chi connectivity index (χ4n) is 4.32. The lowest BCUT2D eigenvalue weighted by Gasteiger charge is -2.33. The maximum atomic E-state index is 13.2. The number of nitrogens with one attached hydrogen (secondary N) is 1. The first kappa shape index (κ1) is 17.7. The standard InChI is InChI=1S/C21H21FN2O3/c22-18-5-1-14(2-6-18)13-24-10-9-21(20(24)26)8-7-15-3-4-16(19(25)23-27)11-17(15)12-21/h1-6,11,27H,7-10,12-13H2,(H,23,25)/t21-/m1/s1. The molecule has 1 aliphatic carbocycles. The van der Waals surface area contributed by atoms with E-state index in [-0.39, 0.29) is 11.7 Å². The molecule has 2 N–H and O–H groups in total. The largest absolute Gasteiger partial charge is 0.338 e. The van der Waals surface area contributed by atoms with Crippen LogP contribution in [0.2, 0.25) is 0 Å². The van der Waals surface area contributed by atoms with Gasteiger partial charge < -0.3 is 4.90 Å². The maximum Gasteiger partial charge on any atom is 0.274 e. The van der Waals surface area contributed by atoms with Gasteiger partial charge in [-0.05, 0) is 66.6 Å². The third kappa shape index (κ3) is 3.21. The summed E-state index contributed by atoms with van der Waals surface area (Å²) in [5, 5.41) is 8.85. The van der Waals surface area contributed by atoms with E-state index in [1.165, 1.54) is 12.1 Å². The Balaban J connectivity index is 1.54. The Hall–Kier alpha value is -2.73. The molecule has 6 heteroatoms. The highest BCUT2D eigenvalue weighted by Gasteiger charge is 2.47. The number of amides is 2. The van der Waals surface area contributed by atoms with Crippen molar-refractivity contribution < 1.29 is 19.2 Å². The number of rotatable bonds is 3. The van der Waals surface area contributed by atoms with Crippen molar-refractivity contribution in [2.24, 2.45) is 5.41 Å². The lowest BCUT2D eigenvalue weighted by atomic mass is 9.70. The minimum absolute atomic E-state index is 0.134. The van der Waals surface area contributed by atoms with E-state index in [0.29, 0.717) is 25.1 Å². The Morgan fingerprint density at radius 1 is 1.15 bits per heavy atom. The van der Waals surface area contributed by atoms with Gasteiger partial charge in [-0.15, -0.1) is 0 Å². The molecule has 0 saturated carbocycles. The number of benzene rings is 2. The zero-order valence-corrected chi connectivity index (χ0v) is 14.9. The second-order valence-electron chi connectivity index (χ2n) is 7.48. The van der Waals surface area contributed by atoms with Crippen molar-refractivity contribution >= 4 is 11.8 Å². The smallest absolute Gasteiger partial charge is 0.274 e. The van der Waals surface area contributed by atoms with Crippen LogP contribution in [-0.4, -0.2) is 28.5 Å². The first-order valence-corrected chi connectivity index (χ1v) is 9.11. The van der Waals surface area contributed by atoms with Crippen molar-refractivity contribution in [1.29, 1.82) is 0 Å². The van der Waals surface area contributed by atoms with Crippen LogP contribution in [0, 0.1) is 11.2 Å². The number of carbonyl (C=O) groups excluding carboxylic acids is 2. The van der Waals surface area contributed by atoms with E-state index in [1.807, 2.05) is 11.0 Å². The maximum absolute atomic E-state index is 13.2. The summed E-state index contributed by atoms with van der Waals surface area (Å²) in [4.78, 5) is 26.7. The molecule has 2 aliphatic rings. The molecule has 0 bridgehead atoms. The van der Waals surface area contributed by atoms with Gasteiger partial charge in [-0.25, -0.2) is 9.87 Å². The summed E-state index contributed by atoms with van der Waals surface area (Å²) in [6.45, 7) is 1.17. The lowest BCUT2D eigenvalue weighted by molar-refractivity contribution is -0.137. The number of likely N-dealkylation sites (tertiary alicyclic amines) is 1. The molecule has 1 saturated heterocycles. The number of hydroxylamine groups is 1. The van der Waals surface area contributed by atoms with Crippen LogP contribution in [0.15, 0.2) is 42.5 Å². The molecule has 1 heterocycles. The molecule has 0 radical (unpaired) electrons. The van der Waals surface area contributed by atoms with Gasteiger partial charge in [0.15, 0.2) is 0 Å². The number of hydrogen-bond donors (Lipinski definition) is 2. The average molecular weight is 368 g/mol. The van der Waals surface area contributed by atoms with Crippen molar-refractivity contribution in [2.45, 2.75) is 32.2 Å². The molecule has 140 valence electrons. The van der Waals surface area contributed by atoms with E-state index in [9.17, 15) is 14.0 Å². The second-order valence-corrected chi connectivity index (χ2v) is 7.48. The van der Waals surface area contributed by atoms with Gasteiger partial charge in [0.25, 0.3) is 5.91 Å². The molecule has 1 atom stereocenters. The van der Waals surface area contributed by atoms with E-state index in [4.69, 9.17) is 5.21 Å². The zero-order valence-electron chi connectivity index (χ0n) is 14.9. The predicted molar refractivity (Wildman–Crippen MR) is 96.6 cm³/mol. The summed E-state index contributed by atoms with van der Waals surface area (Å²) in [5.74, 6) is -0.697. The van der Waals surface area contributed by atoms with Crippen LogP contribution < -0.4 is 5.48 Å². The fraction of sp³-hybridized carbons (Fsp3) is 0.333. The summed E-state index contributed by atoms with van der Waals surface area (Å²) in [7, 11) is 0. The normalized spacial score (nSPS) is 21.4. The molecule has 27 heavy (non-hydrogen) atoms. The van der Waals surface area contributed by atoms with Crippen LogP contribution in [0.1, 0.15) is 39.9 Å². The number of fused-ring (bicyclic) bond motifs is 1. The minimum atomic E-state index is -0.548. The Morgan fingerprint density at radius 3 is 2.67 bits per heavy atom. The van der Waals surface area contributed by atoms with Crippen LogP contribution in [0.4, 0.5) is 4.39 Å². The topological polar surface area (TPSA) is 69.6 Å². The van der Waals surface area contributed by atoms with E-state index < -0.39 is 11.3 Å². The van der Waals surface area contributed by atoms with Crippen LogP contribution >= 0.6 is 0 Å². The number of nitrogens with zero attached hydrogens (tertiary/aromatic N) is 1. The number of hydrogen-bond acceptors (Lipinski definition) is 3. The summed E-state index contributed by atoms with van der Waals surface area (Å²) in [5.41, 5.74) is 4.69.